The Morgan fingerprint density at radius 1 is 1.31 bits per heavy atom. The van der Waals surface area contributed by atoms with Gasteiger partial charge in [0.25, 0.3) is 0 Å². The van der Waals surface area contributed by atoms with Crippen LogP contribution in [0.5, 0.6) is 0 Å². The molecule has 0 aromatic carbocycles. The minimum Gasteiger partial charge on any atom is -0.368 e. The lowest BCUT2D eigenvalue weighted by molar-refractivity contribution is 0.584. The van der Waals surface area contributed by atoms with E-state index in [4.69, 9.17) is 5.73 Å². The van der Waals surface area contributed by atoms with Gasteiger partial charge in [0.2, 0.25) is 5.95 Å². The fourth-order valence-electron chi connectivity index (χ4n) is 1.82. The molecule has 0 radical (unpaired) electrons. The van der Waals surface area contributed by atoms with Gasteiger partial charge >= 0.3 is 0 Å². The van der Waals surface area contributed by atoms with E-state index in [0.717, 1.165) is 37.7 Å². The molecule has 5 heteroatoms. The quantitative estimate of drug-likeness (QED) is 0.765. The van der Waals surface area contributed by atoms with Crippen LogP contribution in [0.4, 0.5) is 11.8 Å². The van der Waals surface area contributed by atoms with E-state index in [9.17, 15) is 0 Å². The highest BCUT2D eigenvalue weighted by Gasteiger charge is 2.14. The summed E-state index contributed by atoms with van der Waals surface area (Å²) in [6.07, 6.45) is 0. The molecule has 16 heavy (non-hydrogen) atoms. The number of nitrogens with zero attached hydrogens (tertiary/aromatic N) is 3. The highest BCUT2D eigenvalue weighted by atomic mass is 15.2. The van der Waals surface area contributed by atoms with Crippen LogP contribution in [-0.2, 0) is 0 Å². The van der Waals surface area contributed by atoms with Crippen LogP contribution in [0.15, 0.2) is 6.07 Å². The number of rotatable bonds is 2. The standard InChI is InChI=1S/C11H19N5/c1-8(2)9-7-10(15-11(12)14-9)16-5-3-13-4-6-16/h7-8,13H,3-6H2,1-2H3,(H2,12,14,15). The van der Waals surface area contributed by atoms with Crippen molar-refractivity contribution in [1.29, 1.82) is 0 Å². The molecule has 3 N–H and O–H groups in total. The van der Waals surface area contributed by atoms with Crippen molar-refractivity contribution in [1.82, 2.24) is 15.3 Å². The van der Waals surface area contributed by atoms with Gasteiger partial charge in [-0.2, -0.15) is 4.98 Å². The number of anilines is 2. The van der Waals surface area contributed by atoms with Crippen molar-refractivity contribution in [2.45, 2.75) is 19.8 Å². The Balaban J connectivity index is 2.25. The van der Waals surface area contributed by atoms with Crippen LogP contribution < -0.4 is 16.0 Å². The van der Waals surface area contributed by atoms with Crippen LogP contribution in [0.2, 0.25) is 0 Å². The van der Waals surface area contributed by atoms with Gasteiger partial charge in [0.1, 0.15) is 5.82 Å². The predicted molar refractivity (Wildman–Crippen MR) is 65.6 cm³/mol. The molecule has 5 nitrogen and oxygen atoms in total. The van der Waals surface area contributed by atoms with E-state index in [-0.39, 0.29) is 0 Å². The Labute approximate surface area is 96.1 Å². The molecule has 0 atom stereocenters. The molecular weight excluding hydrogens is 202 g/mol. The van der Waals surface area contributed by atoms with Crippen molar-refractivity contribution in [2.24, 2.45) is 0 Å². The zero-order valence-electron chi connectivity index (χ0n) is 9.90. The lowest BCUT2D eigenvalue weighted by Gasteiger charge is -2.28. The first kappa shape index (κ1) is 11.1. The van der Waals surface area contributed by atoms with E-state index in [1.165, 1.54) is 0 Å². The number of piperazine rings is 1. The molecule has 1 fully saturated rings. The molecule has 2 heterocycles. The van der Waals surface area contributed by atoms with E-state index in [1.54, 1.807) is 0 Å². The molecular formula is C11H19N5. The molecule has 0 unspecified atom stereocenters. The molecule has 1 aliphatic heterocycles. The Bertz CT molecular complexity index is 357. The Hall–Kier alpha value is -1.36. The van der Waals surface area contributed by atoms with Gasteiger partial charge in [0, 0.05) is 32.2 Å². The second kappa shape index (κ2) is 4.65. The van der Waals surface area contributed by atoms with E-state index >= 15 is 0 Å². The van der Waals surface area contributed by atoms with Crippen molar-refractivity contribution >= 4 is 11.8 Å². The summed E-state index contributed by atoms with van der Waals surface area (Å²) in [4.78, 5) is 10.8. The summed E-state index contributed by atoms with van der Waals surface area (Å²) in [5.74, 6) is 1.71. The summed E-state index contributed by atoms with van der Waals surface area (Å²) in [5.41, 5.74) is 6.75. The number of aromatic nitrogens is 2. The minimum absolute atomic E-state index is 0.375. The molecule has 88 valence electrons. The molecule has 1 saturated heterocycles. The van der Waals surface area contributed by atoms with E-state index in [0.29, 0.717) is 11.9 Å². The third kappa shape index (κ3) is 2.41. The van der Waals surface area contributed by atoms with Gasteiger partial charge < -0.3 is 16.0 Å². The van der Waals surface area contributed by atoms with E-state index in [2.05, 4.69) is 34.0 Å². The third-order valence-corrected chi connectivity index (χ3v) is 2.78. The smallest absolute Gasteiger partial charge is 0.222 e. The lowest BCUT2D eigenvalue weighted by Crippen LogP contribution is -2.44. The van der Waals surface area contributed by atoms with Gasteiger partial charge in [-0.15, -0.1) is 0 Å². The summed E-state index contributed by atoms with van der Waals surface area (Å²) in [7, 11) is 0. The minimum atomic E-state index is 0.375. The van der Waals surface area contributed by atoms with Crippen LogP contribution >= 0.6 is 0 Å². The Morgan fingerprint density at radius 2 is 2.00 bits per heavy atom. The van der Waals surface area contributed by atoms with Gasteiger partial charge in [-0.3, -0.25) is 0 Å². The van der Waals surface area contributed by atoms with Gasteiger partial charge in [-0.1, -0.05) is 13.8 Å². The van der Waals surface area contributed by atoms with Crippen molar-refractivity contribution in [3.63, 3.8) is 0 Å². The first-order chi connectivity index (χ1) is 7.66. The first-order valence-electron chi connectivity index (χ1n) is 5.77. The van der Waals surface area contributed by atoms with Gasteiger partial charge in [-0.25, -0.2) is 4.98 Å². The molecule has 1 aromatic rings. The van der Waals surface area contributed by atoms with Crippen molar-refractivity contribution in [2.75, 3.05) is 36.8 Å². The summed E-state index contributed by atoms with van der Waals surface area (Å²) in [5, 5.41) is 3.32. The normalized spacial score (nSPS) is 16.8. The van der Waals surface area contributed by atoms with Crippen LogP contribution in [-0.4, -0.2) is 36.1 Å². The number of nitrogens with one attached hydrogen (secondary N) is 1. The SMILES string of the molecule is CC(C)c1cc(N2CCNCC2)nc(N)n1. The maximum atomic E-state index is 5.74. The number of nitrogen functional groups attached to an aromatic ring is 1. The fraction of sp³-hybridized carbons (Fsp3) is 0.636. The number of hydrogen-bond acceptors (Lipinski definition) is 5. The summed E-state index contributed by atoms with van der Waals surface area (Å²) < 4.78 is 0. The van der Waals surface area contributed by atoms with Crippen LogP contribution in [0, 0.1) is 0 Å². The average Bonchev–Trinajstić information content (AvgIpc) is 2.29. The molecule has 2 rings (SSSR count). The topological polar surface area (TPSA) is 67.1 Å². The molecule has 0 bridgehead atoms. The van der Waals surface area contributed by atoms with Crippen molar-refractivity contribution in [3.05, 3.63) is 11.8 Å². The number of nitrogens with two attached hydrogens (primary N) is 1. The summed E-state index contributed by atoms with van der Waals surface area (Å²) >= 11 is 0. The van der Waals surface area contributed by atoms with Crippen molar-refractivity contribution in [3.8, 4) is 0 Å². The Morgan fingerprint density at radius 3 is 2.62 bits per heavy atom. The molecule has 0 saturated carbocycles. The molecule has 0 amide bonds. The van der Waals surface area contributed by atoms with Gasteiger partial charge in [0.15, 0.2) is 0 Å². The van der Waals surface area contributed by atoms with Crippen molar-refractivity contribution < 1.29 is 0 Å². The monoisotopic (exact) mass is 221 g/mol. The van der Waals surface area contributed by atoms with E-state index in [1.807, 2.05) is 6.07 Å². The maximum Gasteiger partial charge on any atom is 0.222 e. The second-order valence-corrected chi connectivity index (χ2v) is 4.40. The molecule has 0 spiro atoms. The first-order valence-corrected chi connectivity index (χ1v) is 5.77. The third-order valence-electron chi connectivity index (χ3n) is 2.78. The van der Waals surface area contributed by atoms with Crippen LogP contribution in [0.1, 0.15) is 25.5 Å². The zero-order valence-corrected chi connectivity index (χ0v) is 9.90. The lowest BCUT2D eigenvalue weighted by atomic mass is 10.1. The maximum absolute atomic E-state index is 5.74. The summed E-state index contributed by atoms with van der Waals surface area (Å²) in [6.45, 7) is 8.19. The van der Waals surface area contributed by atoms with Crippen LogP contribution in [0.3, 0.4) is 0 Å². The average molecular weight is 221 g/mol. The highest BCUT2D eigenvalue weighted by Crippen LogP contribution is 2.19. The van der Waals surface area contributed by atoms with Gasteiger partial charge in [0.05, 0.1) is 5.69 Å². The molecule has 1 aromatic heterocycles. The van der Waals surface area contributed by atoms with E-state index < -0.39 is 0 Å². The van der Waals surface area contributed by atoms with Crippen LogP contribution in [0.25, 0.3) is 0 Å². The number of hydrogen-bond donors (Lipinski definition) is 2. The second-order valence-electron chi connectivity index (χ2n) is 4.40. The molecule has 0 aliphatic carbocycles. The largest absolute Gasteiger partial charge is 0.368 e. The highest BCUT2D eigenvalue weighted by molar-refractivity contribution is 5.44. The predicted octanol–water partition coefficient (Wildman–Crippen LogP) is 0.592. The molecule has 1 aliphatic rings. The Kier molecular flexibility index (Phi) is 3.24. The summed E-state index contributed by atoms with van der Waals surface area (Å²) in [6, 6.07) is 2.05. The fourth-order valence-corrected chi connectivity index (χ4v) is 1.82. The van der Waals surface area contributed by atoms with Gasteiger partial charge in [-0.05, 0) is 5.92 Å². The zero-order chi connectivity index (χ0) is 11.5.